The maximum Gasteiger partial charge on any atom is 0.0621 e. The molecule has 1 aliphatic rings. The highest BCUT2D eigenvalue weighted by Gasteiger charge is 2.16. The number of pyridine rings is 1. The van der Waals surface area contributed by atoms with Crippen LogP contribution in [0.5, 0.6) is 0 Å². The molecule has 1 N–H and O–H groups in total. The lowest BCUT2D eigenvalue weighted by atomic mass is 10.0. The minimum Gasteiger partial charge on any atom is -0.316 e. The van der Waals surface area contributed by atoms with Gasteiger partial charge < -0.3 is 5.32 Å². The summed E-state index contributed by atoms with van der Waals surface area (Å²) in [6.07, 6.45) is 11.6. The molecule has 1 heterocycles. The standard InChI is InChI=1S/C15H23ClN2S/c1-17-13(9-12-7-8-18-10-15(12)16)11-19-14-5-3-2-4-6-14/h7-8,10,13-14,17H,2-6,9,11H2,1H3. The quantitative estimate of drug-likeness (QED) is 0.861. The Labute approximate surface area is 125 Å². The molecule has 106 valence electrons. The Morgan fingerprint density at radius 3 is 2.89 bits per heavy atom. The molecule has 1 atom stereocenters. The van der Waals surface area contributed by atoms with Crippen molar-refractivity contribution in [3.8, 4) is 0 Å². The molecule has 0 saturated heterocycles. The van der Waals surface area contributed by atoms with Crippen molar-refractivity contribution in [2.24, 2.45) is 0 Å². The zero-order valence-electron chi connectivity index (χ0n) is 11.6. The van der Waals surface area contributed by atoms with Gasteiger partial charge in [-0.1, -0.05) is 30.9 Å². The highest BCUT2D eigenvalue weighted by Crippen LogP contribution is 2.29. The second-order valence-corrected chi connectivity index (χ2v) is 6.99. The molecular weight excluding hydrogens is 276 g/mol. The van der Waals surface area contributed by atoms with Gasteiger partial charge in [0.2, 0.25) is 0 Å². The van der Waals surface area contributed by atoms with Crippen molar-refractivity contribution < 1.29 is 0 Å². The van der Waals surface area contributed by atoms with Gasteiger partial charge in [-0.05, 0) is 37.9 Å². The maximum absolute atomic E-state index is 6.18. The van der Waals surface area contributed by atoms with Crippen molar-refractivity contribution in [2.75, 3.05) is 12.8 Å². The average Bonchev–Trinajstić information content (AvgIpc) is 2.46. The van der Waals surface area contributed by atoms with E-state index in [1.807, 2.05) is 19.3 Å². The fourth-order valence-electron chi connectivity index (χ4n) is 2.56. The van der Waals surface area contributed by atoms with Crippen molar-refractivity contribution in [3.05, 3.63) is 29.0 Å². The Morgan fingerprint density at radius 2 is 2.21 bits per heavy atom. The molecule has 0 aliphatic heterocycles. The highest BCUT2D eigenvalue weighted by molar-refractivity contribution is 7.99. The fraction of sp³-hybridized carbons (Fsp3) is 0.667. The predicted molar refractivity (Wildman–Crippen MR) is 85.1 cm³/mol. The number of likely N-dealkylation sites (N-methyl/N-ethyl adjacent to an activating group) is 1. The summed E-state index contributed by atoms with van der Waals surface area (Å²) < 4.78 is 0. The van der Waals surface area contributed by atoms with E-state index in [9.17, 15) is 0 Å². The maximum atomic E-state index is 6.18. The second-order valence-electron chi connectivity index (χ2n) is 5.25. The molecule has 1 unspecified atom stereocenters. The van der Waals surface area contributed by atoms with Gasteiger partial charge in [-0.3, -0.25) is 4.98 Å². The van der Waals surface area contributed by atoms with Crippen LogP contribution in [0.1, 0.15) is 37.7 Å². The first-order chi connectivity index (χ1) is 9.29. The Morgan fingerprint density at radius 1 is 1.42 bits per heavy atom. The molecule has 1 aliphatic carbocycles. The molecule has 0 bridgehead atoms. The first-order valence-corrected chi connectivity index (χ1v) is 8.59. The van der Waals surface area contributed by atoms with Gasteiger partial charge in [0.15, 0.2) is 0 Å². The molecule has 0 amide bonds. The Kier molecular flexibility index (Phi) is 6.48. The minimum atomic E-state index is 0.492. The zero-order chi connectivity index (χ0) is 13.5. The number of nitrogens with one attached hydrogen (secondary N) is 1. The van der Waals surface area contributed by atoms with Crippen LogP contribution in [0.15, 0.2) is 18.5 Å². The summed E-state index contributed by atoms with van der Waals surface area (Å²) in [5.41, 5.74) is 1.19. The van der Waals surface area contributed by atoms with E-state index in [-0.39, 0.29) is 0 Å². The van der Waals surface area contributed by atoms with Crippen LogP contribution in [0.2, 0.25) is 5.02 Å². The number of hydrogen-bond acceptors (Lipinski definition) is 3. The Bertz CT molecular complexity index is 380. The molecule has 1 aromatic rings. The van der Waals surface area contributed by atoms with Gasteiger partial charge in [0.05, 0.1) is 5.02 Å². The van der Waals surface area contributed by atoms with Crippen LogP contribution in [-0.4, -0.2) is 29.1 Å². The Balaban J connectivity index is 1.81. The molecule has 1 saturated carbocycles. The molecule has 1 fully saturated rings. The number of thioether (sulfide) groups is 1. The number of rotatable bonds is 6. The van der Waals surface area contributed by atoms with Crippen LogP contribution in [0.3, 0.4) is 0 Å². The summed E-state index contributed by atoms with van der Waals surface area (Å²) in [5.74, 6) is 1.17. The number of hydrogen-bond donors (Lipinski definition) is 1. The number of halogens is 1. The monoisotopic (exact) mass is 298 g/mol. The lowest BCUT2D eigenvalue weighted by Crippen LogP contribution is -2.31. The van der Waals surface area contributed by atoms with Crippen LogP contribution >= 0.6 is 23.4 Å². The molecular formula is C15H23ClN2S. The summed E-state index contributed by atoms with van der Waals surface area (Å²) in [7, 11) is 2.04. The molecule has 0 radical (unpaired) electrons. The fourth-order valence-corrected chi connectivity index (χ4v) is 4.22. The van der Waals surface area contributed by atoms with Gasteiger partial charge in [-0.25, -0.2) is 0 Å². The number of aromatic nitrogens is 1. The highest BCUT2D eigenvalue weighted by atomic mass is 35.5. The Hall–Kier alpha value is -0.250. The first kappa shape index (κ1) is 15.1. The van der Waals surface area contributed by atoms with Gasteiger partial charge in [0, 0.05) is 29.4 Å². The smallest absolute Gasteiger partial charge is 0.0621 e. The van der Waals surface area contributed by atoms with Crippen molar-refractivity contribution in [1.82, 2.24) is 10.3 Å². The summed E-state index contributed by atoms with van der Waals surface area (Å²) in [6.45, 7) is 0. The topological polar surface area (TPSA) is 24.9 Å². The van der Waals surface area contributed by atoms with E-state index < -0.39 is 0 Å². The number of nitrogens with zero attached hydrogens (tertiary/aromatic N) is 1. The van der Waals surface area contributed by atoms with E-state index in [1.54, 1.807) is 6.20 Å². The molecule has 0 spiro atoms. The summed E-state index contributed by atoms with van der Waals surface area (Å²) in [5, 5.41) is 5.07. The second kappa shape index (κ2) is 8.13. The minimum absolute atomic E-state index is 0.492. The van der Waals surface area contributed by atoms with Crippen molar-refractivity contribution in [1.29, 1.82) is 0 Å². The third kappa shape index (κ3) is 4.97. The van der Waals surface area contributed by atoms with Crippen molar-refractivity contribution in [3.63, 3.8) is 0 Å². The van der Waals surface area contributed by atoms with Crippen molar-refractivity contribution in [2.45, 2.75) is 49.8 Å². The van der Waals surface area contributed by atoms with Crippen LogP contribution in [0.4, 0.5) is 0 Å². The van der Waals surface area contributed by atoms with E-state index in [0.29, 0.717) is 6.04 Å². The average molecular weight is 299 g/mol. The molecule has 0 aromatic carbocycles. The van der Waals surface area contributed by atoms with Gasteiger partial charge in [0.25, 0.3) is 0 Å². The van der Waals surface area contributed by atoms with Gasteiger partial charge in [-0.2, -0.15) is 11.8 Å². The molecule has 1 aromatic heterocycles. The van der Waals surface area contributed by atoms with Gasteiger partial charge >= 0.3 is 0 Å². The molecule has 19 heavy (non-hydrogen) atoms. The molecule has 2 rings (SSSR count). The van der Waals surface area contributed by atoms with Crippen molar-refractivity contribution >= 4 is 23.4 Å². The lowest BCUT2D eigenvalue weighted by Gasteiger charge is -2.24. The van der Waals surface area contributed by atoms with E-state index in [1.165, 1.54) is 43.4 Å². The summed E-state index contributed by atoms with van der Waals surface area (Å²) >= 11 is 8.31. The molecule has 2 nitrogen and oxygen atoms in total. The lowest BCUT2D eigenvalue weighted by molar-refractivity contribution is 0.514. The van der Waals surface area contributed by atoms with E-state index >= 15 is 0 Å². The van der Waals surface area contributed by atoms with Gasteiger partial charge in [0.1, 0.15) is 0 Å². The predicted octanol–water partition coefficient (Wildman–Crippen LogP) is 3.93. The summed E-state index contributed by atoms with van der Waals surface area (Å²) in [6, 6.07) is 2.52. The largest absolute Gasteiger partial charge is 0.316 e. The third-order valence-electron chi connectivity index (χ3n) is 3.82. The van der Waals surface area contributed by atoms with E-state index in [4.69, 9.17) is 11.6 Å². The molecule has 4 heteroatoms. The van der Waals surface area contributed by atoms with Crippen LogP contribution in [0, 0.1) is 0 Å². The van der Waals surface area contributed by atoms with Gasteiger partial charge in [-0.15, -0.1) is 0 Å². The zero-order valence-corrected chi connectivity index (χ0v) is 13.1. The summed E-state index contributed by atoms with van der Waals surface area (Å²) in [4.78, 5) is 4.04. The van der Waals surface area contributed by atoms with E-state index in [0.717, 1.165) is 16.7 Å². The normalized spacial score (nSPS) is 18.4. The SMILES string of the molecule is CNC(CSC1CCCCC1)Cc1ccncc1Cl. The van der Waals surface area contributed by atoms with Crippen LogP contribution in [0.25, 0.3) is 0 Å². The van der Waals surface area contributed by atoms with Crippen LogP contribution < -0.4 is 5.32 Å². The third-order valence-corrected chi connectivity index (χ3v) is 5.69. The van der Waals surface area contributed by atoms with E-state index in [2.05, 4.69) is 22.1 Å². The first-order valence-electron chi connectivity index (χ1n) is 7.17. The van der Waals surface area contributed by atoms with Crippen LogP contribution in [-0.2, 0) is 6.42 Å².